The molecular weight excluding hydrogens is 366 g/mol. The molecule has 7 heteroatoms. The smallest absolute Gasteiger partial charge is 0.317 e. The van der Waals surface area contributed by atoms with Crippen LogP contribution in [0.1, 0.15) is 35.3 Å². The number of benzene rings is 1. The molecule has 0 saturated carbocycles. The number of hydrogen-bond acceptors (Lipinski definition) is 4. The molecule has 3 rings (SSSR count). The highest BCUT2D eigenvalue weighted by Gasteiger charge is 2.21. The fourth-order valence-corrected chi connectivity index (χ4v) is 3.48. The molecule has 154 valence electrons. The van der Waals surface area contributed by atoms with Crippen LogP contribution in [-0.4, -0.2) is 54.5 Å². The monoisotopic (exact) mass is 395 g/mol. The fraction of sp³-hybridized carbons (Fsp3) is 0.409. The van der Waals surface area contributed by atoms with E-state index in [1.807, 2.05) is 36.1 Å². The minimum absolute atomic E-state index is 0.0191. The molecule has 0 bridgehead atoms. The number of rotatable bonds is 5. The molecule has 1 aliphatic heterocycles. The summed E-state index contributed by atoms with van der Waals surface area (Å²) >= 11 is 0. The number of urea groups is 1. The topological polar surface area (TPSA) is 77.6 Å². The molecule has 1 aromatic carbocycles. The lowest BCUT2D eigenvalue weighted by molar-refractivity contribution is 0.102. The molecule has 7 nitrogen and oxygen atoms in total. The van der Waals surface area contributed by atoms with Crippen molar-refractivity contribution in [2.45, 2.75) is 27.2 Å². The summed E-state index contributed by atoms with van der Waals surface area (Å²) in [6, 6.07) is 9.61. The molecule has 3 amide bonds. The van der Waals surface area contributed by atoms with Gasteiger partial charge in [-0.1, -0.05) is 13.0 Å². The molecule has 1 aliphatic rings. The molecule has 2 aromatic rings. The predicted molar refractivity (Wildman–Crippen MR) is 116 cm³/mol. The third-order valence-corrected chi connectivity index (χ3v) is 5.21. The Balaban J connectivity index is 1.58. The Labute approximate surface area is 172 Å². The molecule has 2 N–H and O–H groups in total. The van der Waals surface area contributed by atoms with Gasteiger partial charge in [0.05, 0.1) is 5.56 Å². The van der Waals surface area contributed by atoms with E-state index in [1.54, 1.807) is 12.3 Å². The molecule has 1 aromatic heterocycles. The second-order valence-corrected chi connectivity index (χ2v) is 7.16. The molecule has 0 radical (unpaired) electrons. The van der Waals surface area contributed by atoms with E-state index in [0.29, 0.717) is 25.2 Å². The van der Waals surface area contributed by atoms with Crippen LogP contribution in [0, 0.1) is 6.92 Å². The van der Waals surface area contributed by atoms with E-state index < -0.39 is 0 Å². The third kappa shape index (κ3) is 5.04. The molecule has 0 unspecified atom stereocenters. The number of amides is 3. The van der Waals surface area contributed by atoms with Crippen molar-refractivity contribution in [3.05, 3.63) is 53.2 Å². The quantitative estimate of drug-likeness (QED) is 0.816. The third-order valence-electron chi connectivity index (χ3n) is 5.21. The van der Waals surface area contributed by atoms with Crippen LogP contribution >= 0.6 is 0 Å². The summed E-state index contributed by atoms with van der Waals surface area (Å²) in [7, 11) is 0. The van der Waals surface area contributed by atoms with Crippen LogP contribution in [0.3, 0.4) is 0 Å². The van der Waals surface area contributed by atoms with Crippen molar-refractivity contribution in [3.8, 4) is 0 Å². The van der Waals surface area contributed by atoms with Gasteiger partial charge in [-0.3, -0.25) is 4.79 Å². The number of aryl methyl sites for hydroxylation is 2. The van der Waals surface area contributed by atoms with Crippen LogP contribution in [0.4, 0.5) is 16.3 Å². The number of nitrogens with one attached hydrogen (secondary N) is 2. The minimum Gasteiger partial charge on any atom is -0.353 e. The van der Waals surface area contributed by atoms with Gasteiger partial charge in [-0.15, -0.1) is 0 Å². The zero-order valence-electron chi connectivity index (χ0n) is 17.4. The average molecular weight is 396 g/mol. The van der Waals surface area contributed by atoms with Gasteiger partial charge in [-0.2, -0.15) is 0 Å². The molecule has 29 heavy (non-hydrogen) atoms. The molecule has 1 saturated heterocycles. The summed E-state index contributed by atoms with van der Waals surface area (Å²) in [6.07, 6.45) is 2.58. The molecular formula is C22H29N5O2. The van der Waals surface area contributed by atoms with Crippen molar-refractivity contribution in [1.29, 1.82) is 0 Å². The van der Waals surface area contributed by atoms with Gasteiger partial charge < -0.3 is 20.4 Å². The SMILES string of the molecule is CCNC(=O)N1CCN(c2ccc(C(=O)Nc3ccc(CC)c(C)c3)cn2)CC1. The lowest BCUT2D eigenvalue weighted by Crippen LogP contribution is -2.52. The van der Waals surface area contributed by atoms with Gasteiger partial charge in [0.25, 0.3) is 5.91 Å². The van der Waals surface area contributed by atoms with E-state index in [4.69, 9.17) is 0 Å². The molecule has 0 atom stereocenters. The number of hydrogen-bond donors (Lipinski definition) is 2. The largest absolute Gasteiger partial charge is 0.353 e. The van der Waals surface area contributed by atoms with Crippen LogP contribution in [0.15, 0.2) is 36.5 Å². The second kappa shape index (κ2) is 9.41. The van der Waals surface area contributed by atoms with Crippen LogP contribution in [-0.2, 0) is 6.42 Å². The van der Waals surface area contributed by atoms with Gasteiger partial charge in [0, 0.05) is 44.6 Å². The first-order valence-corrected chi connectivity index (χ1v) is 10.2. The lowest BCUT2D eigenvalue weighted by atomic mass is 10.1. The van der Waals surface area contributed by atoms with Gasteiger partial charge >= 0.3 is 6.03 Å². The minimum atomic E-state index is -0.172. The Hall–Kier alpha value is -3.09. The van der Waals surface area contributed by atoms with Gasteiger partial charge in [0.2, 0.25) is 0 Å². The van der Waals surface area contributed by atoms with Crippen molar-refractivity contribution in [3.63, 3.8) is 0 Å². The number of pyridine rings is 1. The van der Waals surface area contributed by atoms with Crippen LogP contribution < -0.4 is 15.5 Å². The van der Waals surface area contributed by atoms with Crippen molar-refractivity contribution in [2.75, 3.05) is 42.9 Å². The molecule has 2 heterocycles. The van der Waals surface area contributed by atoms with Crippen molar-refractivity contribution in [1.82, 2.24) is 15.2 Å². The average Bonchev–Trinajstić information content (AvgIpc) is 2.74. The number of carbonyl (C=O) groups excluding carboxylic acids is 2. The maximum Gasteiger partial charge on any atom is 0.317 e. The Morgan fingerprint density at radius 2 is 1.83 bits per heavy atom. The van der Waals surface area contributed by atoms with E-state index >= 15 is 0 Å². The number of piperazine rings is 1. The molecule has 1 fully saturated rings. The number of aromatic nitrogens is 1. The van der Waals surface area contributed by atoms with E-state index in [0.717, 1.165) is 31.0 Å². The number of nitrogens with zero attached hydrogens (tertiary/aromatic N) is 3. The Kier molecular flexibility index (Phi) is 6.69. The molecule has 0 spiro atoms. The Bertz CT molecular complexity index is 858. The van der Waals surface area contributed by atoms with Gasteiger partial charge in [0.15, 0.2) is 0 Å². The summed E-state index contributed by atoms with van der Waals surface area (Å²) in [5, 5.41) is 5.76. The number of anilines is 2. The van der Waals surface area contributed by atoms with E-state index in [1.165, 1.54) is 11.1 Å². The van der Waals surface area contributed by atoms with Crippen LogP contribution in [0.2, 0.25) is 0 Å². The van der Waals surface area contributed by atoms with Gasteiger partial charge in [0.1, 0.15) is 5.82 Å². The first-order chi connectivity index (χ1) is 14.0. The lowest BCUT2D eigenvalue weighted by Gasteiger charge is -2.35. The van der Waals surface area contributed by atoms with Crippen molar-refractivity contribution < 1.29 is 9.59 Å². The standard InChI is InChI=1S/C22H29N5O2/c1-4-17-6-8-19(14-16(17)3)25-21(28)18-7-9-20(24-15-18)26-10-12-27(13-11-26)22(29)23-5-2/h6-9,14-15H,4-5,10-13H2,1-3H3,(H,23,29)(H,25,28). The van der Waals surface area contributed by atoms with Crippen LogP contribution in [0.25, 0.3) is 0 Å². The highest BCUT2D eigenvalue weighted by atomic mass is 16.2. The van der Waals surface area contributed by atoms with E-state index in [9.17, 15) is 9.59 Å². The van der Waals surface area contributed by atoms with Crippen molar-refractivity contribution in [2.24, 2.45) is 0 Å². The van der Waals surface area contributed by atoms with Crippen LogP contribution in [0.5, 0.6) is 0 Å². The molecule has 0 aliphatic carbocycles. The maximum absolute atomic E-state index is 12.5. The first kappa shape index (κ1) is 20.6. The zero-order valence-corrected chi connectivity index (χ0v) is 17.4. The predicted octanol–water partition coefficient (Wildman–Crippen LogP) is 3.06. The normalized spacial score (nSPS) is 13.9. The first-order valence-electron chi connectivity index (χ1n) is 10.2. The van der Waals surface area contributed by atoms with Crippen molar-refractivity contribution >= 4 is 23.4 Å². The van der Waals surface area contributed by atoms with Gasteiger partial charge in [-0.25, -0.2) is 9.78 Å². The highest BCUT2D eigenvalue weighted by molar-refractivity contribution is 6.04. The Morgan fingerprint density at radius 3 is 2.41 bits per heavy atom. The summed E-state index contributed by atoms with van der Waals surface area (Å²) in [5.41, 5.74) is 3.76. The second-order valence-electron chi connectivity index (χ2n) is 7.16. The maximum atomic E-state index is 12.5. The Morgan fingerprint density at radius 1 is 1.07 bits per heavy atom. The highest BCUT2D eigenvalue weighted by Crippen LogP contribution is 2.18. The zero-order chi connectivity index (χ0) is 20.8. The summed E-state index contributed by atoms with van der Waals surface area (Å²) in [5.74, 6) is 0.647. The van der Waals surface area contributed by atoms with E-state index in [2.05, 4.69) is 34.4 Å². The van der Waals surface area contributed by atoms with Gasteiger partial charge in [-0.05, 0) is 55.7 Å². The number of carbonyl (C=O) groups is 2. The summed E-state index contributed by atoms with van der Waals surface area (Å²) < 4.78 is 0. The summed E-state index contributed by atoms with van der Waals surface area (Å²) in [6.45, 7) is 9.47. The summed E-state index contributed by atoms with van der Waals surface area (Å²) in [4.78, 5) is 32.8. The van der Waals surface area contributed by atoms with E-state index in [-0.39, 0.29) is 11.9 Å². The fourth-order valence-electron chi connectivity index (χ4n) is 3.48.